The molecule has 5 nitrogen and oxygen atoms in total. The number of anilines is 1. The van der Waals surface area contributed by atoms with Crippen molar-refractivity contribution in [1.82, 2.24) is 15.2 Å². The maximum absolute atomic E-state index is 6.18. The summed E-state index contributed by atoms with van der Waals surface area (Å²) in [5.41, 5.74) is 4.92. The number of aromatic nitrogens is 1. The van der Waals surface area contributed by atoms with Crippen LogP contribution in [-0.4, -0.2) is 61.3 Å². The fourth-order valence-corrected chi connectivity index (χ4v) is 5.63. The largest absolute Gasteiger partial charge is 0.492 e. The zero-order chi connectivity index (χ0) is 24.2. The molecule has 5 rings (SSSR count). The van der Waals surface area contributed by atoms with Gasteiger partial charge in [-0.2, -0.15) is 0 Å². The molecular weight excluding hydrogens is 432 g/mol. The van der Waals surface area contributed by atoms with Gasteiger partial charge in [0.05, 0.1) is 5.52 Å². The zero-order valence-corrected chi connectivity index (χ0v) is 21.5. The van der Waals surface area contributed by atoms with Crippen molar-refractivity contribution in [1.29, 1.82) is 0 Å². The minimum Gasteiger partial charge on any atom is -0.492 e. The minimum absolute atomic E-state index is 0.543. The second kappa shape index (κ2) is 11.0. The Labute approximate surface area is 210 Å². The Morgan fingerprint density at radius 3 is 2.71 bits per heavy atom. The number of piperidine rings is 1. The van der Waals surface area contributed by atoms with E-state index < -0.39 is 0 Å². The molecule has 0 amide bonds. The monoisotopic (exact) mass is 472 g/mol. The summed E-state index contributed by atoms with van der Waals surface area (Å²) in [5.74, 6) is 1.71. The summed E-state index contributed by atoms with van der Waals surface area (Å²) in [6, 6.07) is 20.7. The highest BCUT2D eigenvalue weighted by Gasteiger charge is 2.23. The first-order valence-corrected chi connectivity index (χ1v) is 13.4. The maximum atomic E-state index is 6.18. The zero-order valence-electron chi connectivity index (χ0n) is 21.5. The number of benzene rings is 2. The SMILES string of the molecule is Cc1ccc2c(OCCN3CCC(Cc4cccc(N5C[C@@H](C)NC[C@@H]5C)c4)CC3)cccc2n1. The molecule has 2 aliphatic heterocycles. The van der Waals surface area contributed by atoms with Crippen molar-refractivity contribution in [2.45, 2.75) is 52.1 Å². The van der Waals surface area contributed by atoms with Gasteiger partial charge in [-0.15, -0.1) is 0 Å². The molecule has 0 radical (unpaired) electrons. The van der Waals surface area contributed by atoms with E-state index in [9.17, 15) is 0 Å². The molecule has 2 aromatic carbocycles. The van der Waals surface area contributed by atoms with Gasteiger partial charge in [-0.25, -0.2) is 0 Å². The van der Waals surface area contributed by atoms with Crippen molar-refractivity contribution >= 4 is 16.6 Å². The number of likely N-dealkylation sites (tertiary alicyclic amines) is 1. The molecule has 3 aromatic rings. The first-order valence-electron chi connectivity index (χ1n) is 13.4. The van der Waals surface area contributed by atoms with E-state index in [1.54, 1.807) is 0 Å². The highest BCUT2D eigenvalue weighted by Crippen LogP contribution is 2.27. The number of piperazine rings is 1. The van der Waals surface area contributed by atoms with Crippen molar-refractivity contribution in [3.05, 3.63) is 65.9 Å². The van der Waals surface area contributed by atoms with Gasteiger partial charge in [0.1, 0.15) is 12.4 Å². The highest BCUT2D eigenvalue weighted by molar-refractivity contribution is 5.85. The number of hydrogen-bond donors (Lipinski definition) is 1. The average Bonchev–Trinajstić information content (AvgIpc) is 2.86. The van der Waals surface area contributed by atoms with E-state index in [0.29, 0.717) is 12.1 Å². The summed E-state index contributed by atoms with van der Waals surface area (Å²) >= 11 is 0. The Morgan fingerprint density at radius 2 is 1.86 bits per heavy atom. The second-order valence-corrected chi connectivity index (χ2v) is 10.6. The molecular formula is C30H40N4O. The smallest absolute Gasteiger partial charge is 0.128 e. The number of fused-ring (bicyclic) bond motifs is 1. The van der Waals surface area contributed by atoms with Crippen LogP contribution in [0.15, 0.2) is 54.6 Å². The van der Waals surface area contributed by atoms with Crippen LogP contribution in [0.2, 0.25) is 0 Å². The highest BCUT2D eigenvalue weighted by atomic mass is 16.5. The third-order valence-corrected chi connectivity index (χ3v) is 7.73. The van der Waals surface area contributed by atoms with Gasteiger partial charge in [0.15, 0.2) is 0 Å². The molecule has 1 aromatic heterocycles. The lowest BCUT2D eigenvalue weighted by Gasteiger charge is -2.39. The van der Waals surface area contributed by atoms with E-state index in [4.69, 9.17) is 4.74 Å². The van der Waals surface area contributed by atoms with E-state index >= 15 is 0 Å². The molecule has 2 atom stereocenters. The summed E-state index contributed by atoms with van der Waals surface area (Å²) in [6.07, 6.45) is 3.72. The van der Waals surface area contributed by atoms with E-state index in [-0.39, 0.29) is 0 Å². The van der Waals surface area contributed by atoms with Gasteiger partial charge in [0.2, 0.25) is 0 Å². The van der Waals surface area contributed by atoms with Gasteiger partial charge in [0, 0.05) is 48.5 Å². The Balaban J connectivity index is 1.09. The van der Waals surface area contributed by atoms with E-state index in [0.717, 1.165) is 67.6 Å². The molecule has 0 spiro atoms. The Bertz CT molecular complexity index is 1120. The maximum Gasteiger partial charge on any atom is 0.128 e. The summed E-state index contributed by atoms with van der Waals surface area (Å²) in [4.78, 5) is 9.75. The topological polar surface area (TPSA) is 40.6 Å². The summed E-state index contributed by atoms with van der Waals surface area (Å²) < 4.78 is 6.18. The van der Waals surface area contributed by atoms with E-state index in [2.05, 4.69) is 82.5 Å². The molecule has 2 aliphatic rings. The van der Waals surface area contributed by atoms with Crippen LogP contribution >= 0.6 is 0 Å². The van der Waals surface area contributed by atoms with Crippen LogP contribution < -0.4 is 15.0 Å². The molecule has 186 valence electrons. The predicted molar refractivity (Wildman–Crippen MR) is 146 cm³/mol. The Hall–Kier alpha value is -2.63. The Morgan fingerprint density at radius 1 is 1.03 bits per heavy atom. The molecule has 0 bridgehead atoms. The van der Waals surface area contributed by atoms with Crippen LogP contribution in [0.1, 0.15) is 37.9 Å². The van der Waals surface area contributed by atoms with Crippen LogP contribution in [0, 0.1) is 12.8 Å². The molecule has 0 saturated carbocycles. The van der Waals surface area contributed by atoms with Crippen LogP contribution in [0.5, 0.6) is 5.75 Å². The number of ether oxygens (including phenoxy) is 1. The lowest BCUT2D eigenvalue weighted by molar-refractivity contribution is 0.155. The summed E-state index contributed by atoms with van der Waals surface area (Å²) in [6.45, 7) is 12.8. The van der Waals surface area contributed by atoms with Crippen LogP contribution in [0.25, 0.3) is 10.9 Å². The minimum atomic E-state index is 0.543. The van der Waals surface area contributed by atoms with Gasteiger partial charge in [-0.05, 0) is 101 Å². The van der Waals surface area contributed by atoms with Crippen LogP contribution in [0.4, 0.5) is 5.69 Å². The fraction of sp³-hybridized carbons (Fsp3) is 0.500. The van der Waals surface area contributed by atoms with Gasteiger partial charge in [-0.1, -0.05) is 18.2 Å². The number of nitrogens with zero attached hydrogens (tertiary/aromatic N) is 3. The number of nitrogens with one attached hydrogen (secondary N) is 1. The molecule has 2 fully saturated rings. The van der Waals surface area contributed by atoms with Gasteiger partial charge in [0.25, 0.3) is 0 Å². The van der Waals surface area contributed by atoms with E-state index in [1.807, 2.05) is 13.0 Å². The Kier molecular flexibility index (Phi) is 7.54. The number of aryl methyl sites for hydroxylation is 1. The van der Waals surface area contributed by atoms with Crippen molar-refractivity contribution in [2.75, 3.05) is 44.2 Å². The summed E-state index contributed by atoms with van der Waals surface area (Å²) in [7, 11) is 0. The van der Waals surface area contributed by atoms with Crippen molar-refractivity contribution in [3.63, 3.8) is 0 Å². The molecule has 0 unspecified atom stereocenters. The summed E-state index contributed by atoms with van der Waals surface area (Å²) in [5, 5.41) is 4.69. The van der Waals surface area contributed by atoms with Crippen molar-refractivity contribution in [2.24, 2.45) is 5.92 Å². The first kappa shape index (κ1) is 24.1. The second-order valence-electron chi connectivity index (χ2n) is 10.6. The number of rotatable bonds is 7. The number of pyridine rings is 1. The average molecular weight is 473 g/mol. The molecule has 5 heteroatoms. The molecule has 2 saturated heterocycles. The normalized spacial score (nSPS) is 22.0. The first-order chi connectivity index (χ1) is 17.0. The van der Waals surface area contributed by atoms with E-state index in [1.165, 1.54) is 30.5 Å². The molecule has 35 heavy (non-hydrogen) atoms. The van der Waals surface area contributed by atoms with Crippen molar-refractivity contribution < 1.29 is 4.74 Å². The van der Waals surface area contributed by atoms with Gasteiger partial charge in [-0.3, -0.25) is 9.88 Å². The quantitative estimate of drug-likeness (QED) is 0.520. The standard InChI is InChI=1S/C30H40N4O/c1-22-10-11-28-29(32-22)8-5-9-30(28)35-17-16-33-14-12-25(13-15-33)18-26-6-4-7-27(19-26)34-21-23(2)31-20-24(34)3/h4-11,19,23-25,31H,12-18,20-21H2,1-3H3/t23-,24+/m1/s1. The predicted octanol–water partition coefficient (Wildman–Crippen LogP) is 5.06. The van der Waals surface area contributed by atoms with Crippen LogP contribution in [-0.2, 0) is 6.42 Å². The van der Waals surface area contributed by atoms with Crippen LogP contribution in [0.3, 0.4) is 0 Å². The molecule has 0 aliphatic carbocycles. The number of hydrogen-bond acceptors (Lipinski definition) is 5. The van der Waals surface area contributed by atoms with Crippen molar-refractivity contribution in [3.8, 4) is 5.75 Å². The lowest BCUT2D eigenvalue weighted by Crippen LogP contribution is -2.54. The lowest BCUT2D eigenvalue weighted by atomic mass is 9.90. The van der Waals surface area contributed by atoms with Gasteiger partial charge >= 0.3 is 0 Å². The third-order valence-electron chi connectivity index (χ3n) is 7.73. The third kappa shape index (κ3) is 5.96. The fourth-order valence-electron chi connectivity index (χ4n) is 5.63. The van der Waals surface area contributed by atoms with Gasteiger partial charge < -0.3 is 15.0 Å². The molecule has 3 heterocycles. The molecule has 1 N–H and O–H groups in total.